The van der Waals surface area contributed by atoms with Crippen molar-refractivity contribution in [1.82, 2.24) is 4.98 Å². The number of carboxylic acid groups (broad SMARTS) is 1. The van der Waals surface area contributed by atoms with E-state index in [4.69, 9.17) is 5.11 Å². The molecule has 0 amide bonds. The molecule has 2 aromatic rings. The lowest BCUT2D eigenvalue weighted by atomic mass is 9.86. The number of aryl methyl sites for hydroxylation is 1. The molecule has 1 N–H and O–H groups in total. The van der Waals surface area contributed by atoms with E-state index in [0.29, 0.717) is 0 Å². The fraction of sp³-hybridized carbons (Fsp3) is 0.125. The number of carboxylic acids is 1. The monoisotopic (exact) mass is 269 g/mol. The summed E-state index contributed by atoms with van der Waals surface area (Å²) in [6.45, 7) is 0. The van der Waals surface area contributed by atoms with Crippen molar-refractivity contribution in [3.05, 3.63) is 70.8 Å². The zero-order chi connectivity index (χ0) is 14.1. The number of pyridine rings is 1. The third kappa shape index (κ3) is 2.20. The Hall–Kier alpha value is -2.49. The van der Waals surface area contributed by atoms with Gasteiger partial charge in [-0.2, -0.15) is 4.39 Å². The lowest BCUT2D eigenvalue weighted by Gasteiger charge is -2.18. The van der Waals surface area contributed by atoms with E-state index in [2.05, 4.69) is 4.98 Å². The highest BCUT2D eigenvalue weighted by Crippen LogP contribution is 2.32. The van der Waals surface area contributed by atoms with Crippen LogP contribution in [0.25, 0.3) is 5.57 Å². The fourth-order valence-corrected chi connectivity index (χ4v) is 2.47. The van der Waals surface area contributed by atoms with Gasteiger partial charge in [0, 0.05) is 11.8 Å². The number of allylic oxidation sites excluding steroid dienone is 1. The molecule has 0 fully saturated rings. The van der Waals surface area contributed by atoms with Gasteiger partial charge in [0.05, 0.1) is 5.56 Å². The zero-order valence-electron chi connectivity index (χ0n) is 10.6. The van der Waals surface area contributed by atoms with Gasteiger partial charge in [0.15, 0.2) is 0 Å². The number of nitrogens with zero attached hydrogens (tertiary/aromatic N) is 1. The van der Waals surface area contributed by atoms with Crippen molar-refractivity contribution >= 4 is 11.5 Å². The first-order chi connectivity index (χ1) is 9.65. The lowest BCUT2D eigenvalue weighted by Crippen LogP contribution is -2.05. The average molecular weight is 269 g/mol. The van der Waals surface area contributed by atoms with Crippen LogP contribution < -0.4 is 0 Å². The summed E-state index contributed by atoms with van der Waals surface area (Å²) in [6, 6.07) is 8.12. The van der Waals surface area contributed by atoms with Crippen LogP contribution in [0.2, 0.25) is 0 Å². The van der Waals surface area contributed by atoms with Crippen molar-refractivity contribution < 1.29 is 14.3 Å². The maximum Gasteiger partial charge on any atom is 0.335 e. The summed E-state index contributed by atoms with van der Waals surface area (Å²) < 4.78 is 12.9. The van der Waals surface area contributed by atoms with Crippen LogP contribution in [-0.2, 0) is 6.42 Å². The summed E-state index contributed by atoms with van der Waals surface area (Å²) in [5.41, 5.74) is 3.98. The Morgan fingerprint density at radius 2 is 2.10 bits per heavy atom. The molecular formula is C16H12FNO2. The van der Waals surface area contributed by atoms with E-state index in [1.54, 1.807) is 18.2 Å². The molecule has 20 heavy (non-hydrogen) atoms. The maximum atomic E-state index is 12.9. The molecule has 1 aromatic carbocycles. The number of carbonyl (C=O) groups is 1. The van der Waals surface area contributed by atoms with Gasteiger partial charge < -0.3 is 5.11 Å². The van der Waals surface area contributed by atoms with Gasteiger partial charge in [-0.25, -0.2) is 9.78 Å². The Kier molecular flexibility index (Phi) is 3.06. The predicted octanol–water partition coefficient (Wildman–Crippen LogP) is 3.30. The number of aromatic carboxylic acids is 1. The summed E-state index contributed by atoms with van der Waals surface area (Å²) >= 11 is 0. The number of hydrogen-bond donors (Lipinski definition) is 1. The van der Waals surface area contributed by atoms with E-state index in [0.717, 1.165) is 35.1 Å². The maximum absolute atomic E-state index is 12.9. The standard InChI is InChI=1S/C16H12FNO2/c17-15-7-6-12(9-18-15)13-3-1-2-10-4-5-11(16(19)20)8-14(10)13/h3-9H,1-2H2,(H,19,20). The van der Waals surface area contributed by atoms with Gasteiger partial charge in [-0.3, -0.25) is 0 Å². The molecule has 1 aromatic heterocycles. The normalized spacial score (nSPS) is 13.6. The molecule has 0 saturated carbocycles. The van der Waals surface area contributed by atoms with Crippen LogP contribution in [0, 0.1) is 5.95 Å². The largest absolute Gasteiger partial charge is 0.478 e. The third-order valence-corrected chi connectivity index (χ3v) is 3.45. The summed E-state index contributed by atoms with van der Waals surface area (Å²) in [5.74, 6) is -1.47. The molecule has 0 saturated heterocycles. The van der Waals surface area contributed by atoms with E-state index in [-0.39, 0.29) is 5.56 Å². The van der Waals surface area contributed by atoms with Gasteiger partial charge in [-0.05, 0) is 53.8 Å². The van der Waals surface area contributed by atoms with E-state index >= 15 is 0 Å². The first-order valence-corrected chi connectivity index (χ1v) is 6.34. The van der Waals surface area contributed by atoms with E-state index < -0.39 is 11.9 Å². The van der Waals surface area contributed by atoms with Crippen molar-refractivity contribution in [2.75, 3.05) is 0 Å². The SMILES string of the molecule is O=C(O)c1ccc2c(c1)C(c1ccc(F)nc1)=CCC2. The number of halogens is 1. The fourth-order valence-electron chi connectivity index (χ4n) is 2.47. The van der Waals surface area contributed by atoms with Crippen molar-refractivity contribution in [3.8, 4) is 0 Å². The second kappa shape index (κ2) is 4.89. The van der Waals surface area contributed by atoms with Gasteiger partial charge >= 0.3 is 5.97 Å². The number of aromatic nitrogens is 1. The van der Waals surface area contributed by atoms with E-state index in [1.807, 2.05) is 12.1 Å². The van der Waals surface area contributed by atoms with Crippen LogP contribution >= 0.6 is 0 Å². The molecule has 0 aliphatic heterocycles. The number of fused-ring (bicyclic) bond motifs is 1. The van der Waals surface area contributed by atoms with E-state index in [9.17, 15) is 9.18 Å². The second-order valence-electron chi connectivity index (χ2n) is 4.70. The van der Waals surface area contributed by atoms with Gasteiger partial charge in [-0.1, -0.05) is 12.1 Å². The Bertz CT molecular complexity index is 705. The summed E-state index contributed by atoms with van der Waals surface area (Å²) in [4.78, 5) is 14.8. The topological polar surface area (TPSA) is 50.2 Å². The Balaban J connectivity index is 2.11. The van der Waals surface area contributed by atoms with Crippen LogP contribution in [-0.4, -0.2) is 16.1 Å². The summed E-state index contributed by atoms with van der Waals surface area (Å²) in [7, 11) is 0. The molecule has 0 unspecified atom stereocenters. The molecule has 3 nitrogen and oxygen atoms in total. The smallest absolute Gasteiger partial charge is 0.335 e. The van der Waals surface area contributed by atoms with Crippen LogP contribution in [0.3, 0.4) is 0 Å². The van der Waals surface area contributed by atoms with Gasteiger partial charge in [0.25, 0.3) is 0 Å². The second-order valence-corrected chi connectivity index (χ2v) is 4.70. The lowest BCUT2D eigenvalue weighted by molar-refractivity contribution is 0.0697. The molecule has 100 valence electrons. The first kappa shape index (κ1) is 12.5. The third-order valence-electron chi connectivity index (χ3n) is 3.45. The minimum atomic E-state index is -0.949. The van der Waals surface area contributed by atoms with Crippen molar-refractivity contribution in [2.24, 2.45) is 0 Å². The first-order valence-electron chi connectivity index (χ1n) is 6.34. The van der Waals surface area contributed by atoms with Gasteiger partial charge in [0.2, 0.25) is 5.95 Å². The van der Waals surface area contributed by atoms with E-state index in [1.165, 1.54) is 12.3 Å². The molecule has 0 bridgehead atoms. The number of benzene rings is 1. The number of hydrogen-bond acceptors (Lipinski definition) is 2. The van der Waals surface area contributed by atoms with Crippen molar-refractivity contribution in [3.63, 3.8) is 0 Å². The molecule has 1 aliphatic rings. The average Bonchev–Trinajstić information content (AvgIpc) is 2.47. The van der Waals surface area contributed by atoms with Crippen LogP contribution in [0.5, 0.6) is 0 Å². The summed E-state index contributed by atoms with van der Waals surface area (Å²) in [5, 5.41) is 9.10. The Morgan fingerprint density at radius 3 is 2.80 bits per heavy atom. The zero-order valence-corrected chi connectivity index (χ0v) is 10.6. The Labute approximate surface area is 115 Å². The van der Waals surface area contributed by atoms with Crippen molar-refractivity contribution in [1.29, 1.82) is 0 Å². The minimum Gasteiger partial charge on any atom is -0.478 e. The Morgan fingerprint density at radius 1 is 1.25 bits per heavy atom. The highest BCUT2D eigenvalue weighted by atomic mass is 19.1. The van der Waals surface area contributed by atoms with Crippen molar-refractivity contribution in [2.45, 2.75) is 12.8 Å². The highest BCUT2D eigenvalue weighted by molar-refractivity contribution is 5.91. The minimum absolute atomic E-state index is 0.256. The van der Waals surface area contributed by atoms with Gasteiger partial charge in [-0.15, -0.1) is 0 Å². The molecule has 3 rings (SSSR count). The quantitative estimate of drug-likeness (QED) is 0.851. The van der Waals surface area contributed by atoms with Gasteiger partial charge in [0.1, 0.15) is 0 Å². The number of rotatable bonds is 2. The molecule has 0 atom stereocenters. The molecule has 0 radical (unpaired) electrons. The predicted molar refractivity (Wildman–Crippen MR) is 73.0 cm³/mol. The van der Waals surface area contributed by atoms with Crippen LogP contribution in [0.15, 0.2) is 42.6 Å². The molecule has 1 aliphatic carbocycles. The highest BCUT2D eigenvalue weighted by Gasteiger charge is 2.16. The molecule has 1 heterocycles. The molecule has 4 heteroatoms. The molecular weight excluding hydrogens is 257 g/mol. The van der Waals surface area contributed by atoms with Crippen LogP contribution in [0.1, 0.15) is 33.5 Å². The molecule has 0 spiro atoms. The van der Waals surface area contributed by atoms with Crippen LogP contribution in [0.4, 0.5) is 4.39 Å². The summed E-state index contributed by atoms with van der Waals surface area (Å²) in [6.07, 6.45) is 5.28.